The number of aryl methyl sites for hydroxylation is 1. The molecule has 0 amide bonds. The van der Waals surface area contributed by atoms with E-state index in [1.165, 1.54) is 37.7 Å². The lowest BCUT2D eigenvalue weighted by Crippen LogP contribution is -2.29. The van der Waals surface area contributed by atoms with E-state index in [4.69, 9.17) is 0 Å². The number of carbonyl (C=O) groups excluding carboxylic acids is 1. The second kappa shape index (κ2) is 7.53. The number of ketones is 1. The van der Waals surface area contributed by atoms with Gasteiger partial charge in [0.2, 0.25) is 0 Å². The SMILES string of the molecule is CS/C(=C\C(=O)c1ccc(C)cc1)NC1CCCCC1. The Morgan fingerprint density at radius 2 is 1.85 bits per heavy atom. The molecule has 3 heteroatoms. The first-order valence-corrected chi connectivity index (χ1v) is 8.55. The zero-order valence-electron chi connectivity index (χ0n) is 12.3. The van der Waals surface area contributed by atoms with Gasteiger partial charge < -0.3 is 5.32 Å². The van der Waals surface area contributed by atoms with Gasteiger partial charge in [-0.25, -0.2) is 0 Å². The van der Waals surface area contributed by atoms with Crippen LogP contribution in [-0.2, 0) is 0 Å². The third-order valence-corrected chi connectivity index (χ3v) is 4.45. The highest BCUT2D eigenvalue weighted by Crippen LogP contribution is 2.21. The summed E-state index contributed by atoms with van der Waals surface area (Å²) in [5.41, 5.74) is 1.93. The molecule has 2 rings (SSSR count). The Kier molecular flexibility index (Phi) is 5.72. The van der Waals surface area contributed by atoms with Gasteiger partial charge in [0.05, 0.1) is 5.03 Å². The molecule has 1 saturated carbocycles. The highest BCUT2D eigenvalue weighted by molar-refractivity contribution is 8.02. The largest absolute Gasteiger partial charge is 0.377 e. The van der Waals surface area contributed by atoms with Gasteiger partial charge in [0.15, 0.2) is 5.78 Å². The second-order valence-corrected chi connectivity index (χ2v) is 6.27. The second-order valence-electron chi connectivity index (χ2n) is 5.42. The molecule has 2 nitrogen and oxygen atoms in total. The molecule has 0 heterocycles. The Labute approximate surface area is 126 Å². The van der Waals surface area contributed by atoms with Crippen molar-refractivity contribution < 1.29 is 4.79 Å². The Hall–Kier alpha value is -1.22. The van der Waals surface area contributed by atoms with Gasteiger partial charge in [0.25, 0.3) is 0 Å². The molecule has 0 atom stereocenters. The summed E-state index contributed by atoms with van der Waals surface area (Å²) in [4.78, 5) is 12.2. The summed E-state index contributed by atoms with van der Waals surface area (Å²) < 4.78 is 0. The van der Waals surface area contributed by atoms with E-state index in [0.717, 1.165) is 10.6 Å². The van der Waals surface area contributed by atoms with Crippen LogP contribution in [0.2, 0.25) is 0 Å². The van der Waals surface area contributed by atoms with Crippen molar-refractivity contribution in [2.24, 2.45) is 0 Å². The molecule has 0 saturated heterocycles. The van der Waals surface area contributed by atoms with E-state index < -0.39 is 0 Å². The Balaban J connectivity index is 2.01. The molecule has 20 heavy (non-hydrogen) atoms. The Morgan fingerprint density at radius 3 is 2.45 bits per heavy atom. The van der Waals surface area contributed by atoms with Gasteiger partial charge in [0, 0.05) is 17.7 Å². The molecule has 1 aliphatic carbocycles. The van der Waals surface area contributed by atoms with Crippen molar-refractivity contribution in [3.63, 3.8) is 0 Å². The predicted molar refractivity (Wildman–Crippen MR) is 87.1 cm³/mol. The summed E-state index contributed by atoms with van der Waals surface area (Å²) in [5, 5.41) is 4.51. The van der Waals surface area contributed by atoms with Crippen LogP contribution in [0.15, 0.2) is 35.4 Å². The molecule has 0 aromatic heterocycles. The third-order valence-electron chi connectivity index (χ3n) is 3.77. The Bertz CT molecular complexity index is 472. The third kappa shape index (κ3) is 4.41. The fourth-order valence-corrected chi connectivity index (χ4v) is 3.04. The minimum Gasteiger partial charge on any atom is -0.377 e. The fourth-order valence-electron chi connectivity index (χ4n) is 2.53. The average molecular weight is 289 g/mol. The first kappa shape index (κ1) is 15.2. The molecule has 108 valence electrons. The first-order chi connectivity index (χ1) is 9.69. The van der Waals surface area contributed by atoms with Gasteiger partial charge in [-0.2, -0.15) is 0 Å². The van der Waals surface area contributed by atoms with Gasteiger partial charge in [-0.3, -0.25) is 4.79 Å². The molecule has 1 aromatic carbocycles. The number of rotatable bonds is 5. The number of benzene rings is 1. The molecule has 1 fully saturated rings. The molecule has 1 N–H and O–H groups in total. The minimum absolute atomic E-state index is 0.0812. The van der Waals surface area contributed by atoms with Crippen LogP contribution >= 0.6 is 11.8 Å². The van der Waals surface area contributed by atoms with Gasteiger partial charge in [-0.05, 0) is 26.0 Å². The van der Waals surface area contributed by atoms with Crippen LogP contribution in [0.3, 0.4) is 0 Å². The van der Waals surface area contributed by atoms with E-state index in [-0.39, 0.29) is 5.78 Å². The molecule has 0 bridgehead atoms. The summed E-state index contributed by atoms with van der Waals surface area (Å²) in [7, 11) is 0. The monoisotopic (exact) mass is 289 g/mol. The maximum absolute atomic E-state index is 12.2. The van der Waals surface area contributed by atoms with Crippen molar-refractivity contribution in [1.82, 2.24) is 5.32 Å². The van der Waals surface area contributed by atoms with E-state index in [9.17, 15) is 4.79 Å². The summed E-state index contributed by atoms with van der Waals surface area (Å²) >= 11 is 1.62. The molecule has 1 aromatic rings. The topological polar surface area (TPSA) is 29.1 Å². The lowest BCUT2D eigenvalue weighted by atomic mass is 9.96. The Morgan fingerprint density at radius 1 is 1.20 bits per heavy atom. The van der Waals surface area contributed by atoms with Crippen molar-refractivity contribution in [2.75, 3.05) is 6.26 Å². The summed E-state index contributed by atoms with van der Waals surface area (Å²) in [6, 6.07) is 8.29. The number of hydrogen-bond donors (Lipinski definition) is 1. The molecule has 0 unspecified atom stereocenters. The molecule has 0 aliphatic heterocycles. The zero-order chi connectivity index (χ0) is 14.4. The lowest BCUT2D eigenvalue weighted by Gasteiger charge is -2.24. The van der Waals surface area contributed by atoms with Crippen LogP contribution in [0.5, 0.6) is 0 Å². The van der Waals surface area contributed by atoms with Crippen LogP contribution < -0.4 is 5.32 Å². The fraction of sp³-hybridized carbons (Fsp3) is 0.471. The molecule has 0 radical (unpaired) electrons. The van der Waals surface area contributed by atoms with Crippen LogP contribution in [0.1, 0.15) is 48.0 Å². The number of nitrogens with one attached hydrogen (secondary N) is 1. The summed E-state index contributed by atoms with van der Waals surface area (Å²) in [5.74, 6) is 0.0812. The standard InChI is InChI=1S/C17H23NOS/c1-13-8-10-14(11-9-13)16(19)12-17(20-2)18-15-6-4-3-5-7-15/h8-12,15,18H,3-7H2,1-2H3/b17-12-. The van der Waals surface area contributed by atoms with Crippen molar-refractivity contribution in [1.29, 1.82) is 0 Å². The maximum Gasteiger partial charge on any atom is 0.188 e. The zero-order valence-corrected chi connectivity index (χ0v) is 13.1. The van der Waals surface area contributed by atoms with Crippen LogP contribution in [0, 0.1) is 6.92 Å². The molecular formula is C17H23NOS. The highest BCUT2D eigenvalue weighted by Gasteiger charge is 2.14. The van der Waals surface area contributed by atoms with Gasteiger partial charge >= 0.3 is 0 Å². The van der Waals surface area contributed by atoms with Gasteiger partial charge in [0.1, 0.15) is 0 Å². The number of hydrogen-bond acceptors (Lipinski definition) is 3. The minimum atomic E-state index is 0.0812. The number of allylic oxidation sites excluding steroid dienone is 1. The van der Waals surface area contributed by atoms with Crippen molar-refractivity contribution in [3.05, 3.63) is 46.5 Å². The number of thioether (sulfide) groups is 1. The van der Waals surface area contributed by atoms with E-state index in [0.29, 0.717) is 6.04 Å². The van der Waals surface area contributed by atoms with E-state index >= 15 is 0 Å². The van der Waals surface area contributed by atoms with Gasteiger partial charge in [-0.1, -0.05) is 49.1 Å². The molecule has 0 spiro atoms. The summed E-state index contributed by atoms with van der Waals surface area (Å²) in [6.45, 7) is 2.03. The van der Waals surface area contributed by atoms with E-state index in [1.807, 2.05) is 37.4 Å². The van der Waals surface area contributed by atoms with Crippen LogP contribution in [0.25, 0.3) is 0 Å². The molecular weight excluding hydrogens is 266 g/mol. The van der Waals surface area contributed by atoms with Crippen molar-refractivity contribution >= 4 is 17.5 Å². The lowest BCUT2D eigenvalue weighted by molar-refractivity contribution is 0.104. The van der Waals surface area contributed by atoms with E-state index in [1.54, 1.807) is 17.8 Å². The van der Waals surface area contributed by atoms with Crippen molar-refractivity contribution in [3.8, 4) is 0 Å². The normalized spacial score (nSPS) is 17.0. The smallest absolute Gasteiger partial charge is 0.188 e. The summed E-state index contributed by atoms with van der Waals surface area (Å²) in [6.07, 6.45) is 10.1. The molecule has 1 aliphatic rings. The predicted octanol–water partition coefficient (Wildman–Crippen LogP) is 4.30. The highest BCUT2D eigenvalue weighted by atomic mass is 32.2. The van der Waals surface area contributed by atoms with Crippen molar-refractivity contribution in [2.45, 2.75) is 45.1 Å². The van der Waals surface area contributed by atoms with E-state index in [2.05, 4.69) is 5.32 Å². The van der Waals surface area contributed by atoms with Crippen LogP contribution in [0.4, 0.5) is 0 Å². The average Bonchev–Trinajstić information content (AvgIpc) is 2.48. The van der Waals surface area contributed by atoms with Crippen LogP contribution in [-0.4, -0.2) is 18.1 Å². The number of carbonyl (C=O) groups is 1. The first-order valence-electron chi connectivity index (χ1n) is 7.32. The van der Waals surface area contributed by atoms with Gasteiger partial charge in [-0.15, -0.1) is 11.8 Å². The quantitative estimate of drug-likeness (QED) is 0.647. The maximum atomic E-state index is 12.2.